The second-order valence-corrected chi connectivity index (χ2v) is 5.84. The number of ether oxygens (including phenoxy) is 1. The fraction of sp³-hybridized carbons (Fsp3) is 0.600. The molecule has 98 valence electrons. The molecule has 1 aromatic carbocycles. The highest BCUT2D eigenvalue weighted by Crippen LogP contribution is 2.44. The van der Waals surface area contributed by atoms with Crippen molar-refractivity contribution in [1.82, 2.24) is 0 Å². The molecule has 3 nitrogen and oxygen atoms in total. The predicted molar refractivity (Wildman–Crippen MR) is 71.8 cm³/mol. The van der Waals surface area contributed by atoms with E-state index in [0.29, 0.717) is 0 Å². The van der Waals surface area contributed by atoms with Crippen molar-refractivity contribution in [2.24, 2.45) is 0 Å². The minimum absolute atomic E-state index is 0.252. The van der Waals surface area contributed by atoms with E-state index in [-0.39, 0.29) is 12.2 Å². The van der Waals surface area contributed by atoms with Gasteiger partial charge >= 0.3 is 0 Å². The van der Waals surface area contributed by atoms with E-state index >= 15 is 0 Å². The largest absolute Gasteiger partial charge is 0.385 e. The third-order valence-electron chi connectivity index (χ3n) is 4.25. The van der Waals surface area contributed by atoms with Gasteiger partial charge in [-0.1, -0.05) is 12.1 Å². The van der Waals surface area contributed by atoms with Crippen LogP contribution >= 0.6 is 0 Å². The molecule has 1 aromatic rings. The van der Waals surface area contributed by atoms with Crippen molar-refractivity contribution in [1.29, 1.82) is 0 Å². The van der Waals surface area contributed by atoms with Crippen molar-refractivity contribution in [2.45, 2.75) is 43.5 Å². The summed E-state index contributed by atoms with van der Waals surface area (Å²) < 4.78 is 5.81. The maximum Gasteiger partial charge on any atom is 0.0945 e. The van der Waals surface area contributed by atoms with Crippen LogP contribution in [0.2, 0.25) is 0 Å². The highest BCUT2D eigenvalue weighted by molar-refractivity contribution is 5.47. The number of nitrogens with zero attached hydrogens (tertiary/aromatic N) is 1. The lowest BCUT2D eigenvalue weighted by Crippen LogP contribution is -2.38. The highest BCUT2D eigenvalue weighted by atomic mass is 16.5. The van der Waals surface area contributed by atoms with Crippen molar-refractivity contribution in [3.8, 4) is 0 Å². The van der Waals surface area contributed by atoms with E-state index in [0.717, 1.165) is 36.9 Å². The van der Waals surface area contributed by atoms with Gasteiger partial charge in [-0.2, -0.15) is 0 Å². The average Bonchev–Trinajstić information content (AvgIpc) is 2.69. The number of benzene rings is 1. The molecule has 3 rings (SSSR count). The van der Waals surface area contributed by atoms with Gasteiger partial charge in [0.15, 0.2) is 0 Å². The van der Waals surface area contributed by atoms with E-state index in [4.69, 9.17) is 4.74 Å². The Hall–Kier alpha value is -1.06. The fourth-order valence-corrected chi connectivity index (χ4v) is 3.22. The van der Waals surface area contributed by atoms with Crippen LogP contribution in [0, 0.1) is 0 Å². The first-order chi connectivity index (χ1) is 8.57. The Kier molecular flexibility index (Phi) is 2.83. The minimum atomic E-state index is -0.686. The molecule has 1 N–H and O–H groups in total. The number of hydrogen-bond acceptors (Lipinski definition) is 3. The zero-order valence-electron chi connectivity index (χ0n) is 11.1. The Bertz CT molecular complexity index is 415. The van der Waals surface area contributed by atoms with Crippen molar-refractivity contribution in [3.63, 3.8) is 0 Å². The normalized spacial score (nSPS) is 34.6. The molecule has 0 saturated carbocycles. The van der Waals surface area contributed by atoms with Crippen LogP contribution in [0.4, 0.5) is 5.69 Å². The molecular formula is C15H21NO2. The van der Waals surface area contributed by atoms with Gasteiger partial charge in [-0.15, -0.1) is 0 Å². The molecular weight excluding hydrogens is 226 g/mol. The zero-order valence-corrected chi connectivity index (χ0v) is 11.1. The molecule has 2 fully saturated rings. The molecule has 2 aliphatic heterocycles. The van der Waals surface area contributed by atoms with Gasteiger partial charge in [-0.3, -0.25) is 0 Å². The Morgan fingerprint density at radius 3 is 2.17 bits per heavy atom. The first-order valence-corrected chi connectivity index (χ1v) is 6.72. The Morgan fingerprint density at radius 2 is 1.67 bits per heavy atom. The van der Waals surface area contributed by atoms with Crippen LogP contribution in [0.15, 0.2) is 24.3 Å². The van der Waals surface area contributed by atoms with E-state index in [1.807, 2.05) is 14.1 Å². The summed E-state index contributed by atoms with van der Waals surface area (Å²) in [5.41, 5.74) is 1.51. The van der Waals surface area contributed by atoms with Crippen molar-refractivity contribution < 1.29 is 9.84 Å². The molecule has 2 unspecified atom stereocenters. The highest BCUT2D eigenvalue weighted by Gasteiger charge is 2.44. The summed E-state index contributed by atoms with van der Waals surface area (Å²) in [6.45, 7) is 0. The van der Waals surface area contributed by atoms with Crippen molar-refractivity contribution in [2.75, 3.05) is 19.0 Å². The van der Waals surface area contributed by atoms with E-state index in [1.54, 1.807) is 0 Å². The number of rotatable bonds is 2. The predicted octanol–water partition coefficient (Wildman–Crippen LogP) is 2.28. The lowest BCUT2D eigenvalue weighted by molar-refractivity contribution is -0.115. The SMILES string of the molecule is CN(C)c1ccc(C2(O)CC3CCC(C2)O3)cc1. The first-order valence-electron chi connectivity index (χ1n) is 6.72. The van der Waals surface area contributed by atoms with Gasteiger partial charge in [0.25, 0.3) is 0 Å². The molecule has 0 amide bonds. The monoisotopic (exact) mass is 247 g/mol. The Morgan fingerprint density at radius 1 is 1.11 bits per heavy atom. The molecule has 18 heavy (non-hydrogen) atoms. The lowest BCUT2D eigenvalue weighted by Gasteiger charge is -2.37. The summed E-state index contributed by atoms with van der Waals surface area (Å²) in [7, 11) is 4.05. The number of hydrogen-bond donors (Lipinski definition) is 1. The lowest BCUT2D eigenvalue weighted by atomic mass is 9.83. The summed E-state index contributed by atoms with van der Waals surface area (Å²) in [4.78, 5) is 2.07. The van der Waals surface area contributed by atoms with Crippen LogP contribution in [-0.4, -0.2) is 31.4 Å². The quantitative estimate of drug-likeness (QED) is 0.870. The van der Waals surface area contributed by atoms with E-state index < -0.39 is 5.60 Å². The molecule has 0 aromatic heterocycles. The Labute approximate surface area is 108 Å². The summed E-state index contributed by atoms with van der Waals surface area (Å²) in [5, 5.41) is 10.9. The topological polar surface area (TPSA) is 32.7 Å². The maximum atomic E-state index is 10.9. The molecule has 0 radical (unpaired) electrons. The molecule has 2 atom stereocenters. The van der Waals surface area contributed by atoms with Crippen LogP contribution in [0.5, 0.6) is 0 Å². The first kappa shape index (κ1) is 12.0. The molecule has 3 heteroatoms. The van der Waals surface area contributed by atoms with Gasteiger partial charge in [0, 0.05) is 32.6 Å². The van der Waals surface area contributed by atoms with Crippen LogP contribution in [-0.2, 0) is 10.3 Å². The summed E-state index contributed by atoms with van der Waals surface area (Å²) in [5.74, 6) is 0. The van der Waals surface area contributed by atoms with Gasteiger partial charge in [0.2, 0.25) is 0 Å². The van der Waals surface area contributed by atoms with E-state index in [9.17, 15) is 5.11 Å². The molecule has 0 spiro atoms. The molecule has 2 heterocycles. The molecule has 2 aliphatic rings. The van der Waals surface area contributed by atoms with E-state index in [1.165, 1.54) is 0 Å². The minimum Gasteiger partial charge on any atom is -0.385 e. The van der Waals surface area contributed by atoms with E-state index in [2.05, 4.69) is 29.2 Å². The molecule has 2 saturated heterocycles. The fourth-order valence-electron chi connectivity index (χ4n) is 3.22. The maximum absolute atomic E-state index is 10.9. The summed E-state index contributed by atoms with van der Waals surface area (Å²) >= 11 is 0. The smallest absolute Gasteiger partial charge is 0.0945 e. The number of fused-ring (bicyclic) bond motifs is 2. The zero-order chi connectivity index (χ0) is 12.8. The summed E-state index contributed by atoms with van der Waals surface area (Å²) in [6.07, 6.45) is 4.19. The molecule has 2 bridgehead atoms. The molecule has 0 aliphatic carbocycles. The third kappa shape index (κ3) is 2.02. The van der Waals surface area contributed by atoms with Gasteiger partial charge in [0.1, 0.15) is 0 Å². The second kappa shape index (κ2) is 4.25. The van der Waals surface area contributed by atoms with Crippen molar-refractivity contribution in [3.05, 3.63) is 29.8 Å². The standard InChI is InChI=1S/C15H21NO2/c1-16(2)12-5-3-11(4-6-12)15(17)9-13-7-8-14(10-15)18-13/h3-6,13-14,17H,7-10H2,1-2H3. The van der Waals surface area contributed by atoms with Crippen LogP contribution < -0.4 is 4.90 Å². The van der Waals surface area contributed by atoms with Crippen LogP contribution in [0.1, 0.15) is 31.2 Å². The number of aliphatic hydroxyl groups is 1. The van der Waals surface area contributed by atoms with Crippen LogP contribution in [0.25, 0.3) is 0 Å². The van der Waals surface area contributed by atoms with Crippen LogP contribution in [0.3, 0.4) is 0 Å². The van der Waals surface area contributed by atoms with Gasteiger partial charge in [-0.25, -0.2) is 0 Å². The van der Waals surface area contributed by atoms with Gasteiger partial charge in [0.05, 0.1) is 17.8 Å². The third-order valence-corrected chi connectivity index (χ3v) is 4.25. The summed E-state index contributed by atoms with van der Waals surface area (Å²) in [6, 6.07) is 8.26. The average molecular weight is 247 g/mol. The Balaban J connectivity index is 1.85. The van der Waals surface area contributed by atoms with Gasteiger partial charge in [-0.05, 0) is 30.5 Å². The second-order valence-electron chi connectivity index (χ2n) is 5.84. The number of anilines is 1. The van der Waals surface area contributed by atoms with Crippen molar-refractivity contribution >= 4 is 5.69 Å². The van der Waals surface area contributed by atoms with Gasteiger partial charge < -0.3 is 14.7 Å².